The predicted octanol–water partition coefficient (Wildman–Crippen LogP) is 1.75. The van der Waals surface area contributed by atoms with E-state index in [-0.39, 0.29) is 6.61 Å². The van der Waals surface area contributed by atoms with Crippen LogP contribution in [-0.4, -0.2) is 29.2 Å². The lowest BCUT2D eigenvalue weighted by atomic mass is 10.3. The number of anilines is 2. The molecular weight excluding hydrogens is 230 g/mol. The van der Waals surface area contributed by atoms with Crippen LogP contribution >= 0.6 is 0 Å². The van der Waals surface area contributed by atoms with Crippen LogP contribution in [0.1, 0.15) is 5.56 Å². The average molecular weight is 245 g/mol. The minimum atomic E-state index is -0.0569. The normalized spacial score (nSPS) is 10.2. The number of hydrogen-bond donors (Lipinski definition) is 1. The number of benzene rings is 1. The molecule has 2 rings (SSSR count). The van der Waals surface area contributed by atoms with Crippen LogP contribution in [0.2, 0.25) is 0 Å². The second-order valence-corrected chi connectivity index (χ2v) is 3.78. The van der Waals surface area contributed by atoms with Crippen molar-refractivity contribution in [2.75, 3.05) is 19.1 Å². The van der Waals surface area contributed by atoms with Gasteiger partial charge in [-0.3, -0.25) is 0 Å². The van der Waals surface area contributed by atoms with E-state index in [2.05, 4.69) is 9.97 Å². The Hall–Kier alpha value is -2.14. The number of hydrogen-bond acceptors (Lipinski definition) is 5. The number of aliphatic hydroxyl groups excluding tert-OH is 1. The molecule has 2 aromatic rings. The molecule has 0 amide bonds. The molecule has 0 atom stereocenters. The van der Waals surface area contributed by atoms with E-state index >= 15 is 0 Å². The highest BCUT2D eigenvalue weighted by molar-refractivity contribution is 5.64. The van der Waals surface area contributed by atoms with Crippen LogP contribution in [0.15, 0.2) is 36.7 Å². The number of methoxy groups -OCH3 is 1. The summed E-state index contributed by atoms with van der Waals surface area (Å²) in [6, 6.07) is 7.65. The van der Waals surface area contributed by atoms with Gasteiger partial charge in [-0.1, -0.05) is 12.1 Å². The predicted molar refractivity (Wildman–Crippen MR) is 69.0 cm³/mol. The summed E-state index contributed by atoms with van der Waals surface area (Å²) >= 11 is 0. The maximum atomic E-state index is 8.95. The van der Waals surface area contributed by atoms with Crippen LogP contribution < -0.4 is 9.64 Å². The van der Waals surface area contributed by atoms with Crippen molar-refractivity contribution >= 4 is 11.6 Å². The molecule has 5 nitrogen and oxygen atoms in total. The third-order valence-corrected chi connectivity index (χ3v) is 2.62. The Morgan fingerprint density at radius 3 is 2.50 bits per heavy atom. The number of ether oxygens (including phenoxy) is 1. The van der Waals surface area contributed by atoms with Gasteiger partial charge < -0.3 is 14.7 Å². The summed E-state index contributed by atoms with van der Waals surface area (Å²) in [5.74, 6) is 1.31. The van der Waals surface area contributed by atoms with Crippen molar-refractivity contribution in [3.8, 4) is 5.75 Å². The molecule has 0 bridgehead atoms. The van der Waals surface area contributed by atoms with Gasteiger partial charge in [0.1, 0.15) is 5.75 Å². The van der Waals surface area contributed by atoms with Crippen LogP contribution in [0.4, 0.5) is 11.6 Å². The van der Waals surface area contributed by atoms with Crippen molar-refractivity contribution in [2.24, 2.45) is 0 Å². The molecule has 0 unspecified atom stereocenters. The number of rotatable bonds is 4. The molecule has 0 saturated heterocycles. The monoisotopic (exact) mass is 245 g/mol. The zero-order valence-electron chi connectivity index (χ0n) is 10.4. The highest BCUT2D eigenvalue weighted by atomic mass is 16.5. The third kappa shape index (κ3) is 2.41. The SMILES string of the molecule is COc1ccccc1N(C)c1ncc(CO)cn1. The first-order valence-corrected chi connectivity index (χ1v) is 5.54. The summed E-state index contributed by atoms with van der Waals surface area (Å²) in [6.07, 6.45) is 3.21. The Bertz CT molecular complexity index is 514. The average Bonchev–Trinajstić information content (AvgIpc) is 2.46. The van der Waals surface area contributed by atoms with Gasteiger partial charge >= 0.3 is 0 Å². The first-order chi connectivity index (χ1) is 8.76. The quantitative estimate of drug-likeness (QED) is 0.889. The molecule has 0 radical (unpaired) electrons. The molecule has 94 valence electrons. The summed E-state index contributed by atoms with van der Waals surface area (Å²) < 4.78 is 5.30. The van der Waals surface area contributed by atoms with E-state index in [1.165, 1.54) is 0 Å². The summed E-state index contributed by atoms with van der Waals surface area (Å²) in [7, 11) is 3.49. The topological polar surface area (TPSA) is 58.5 Å². The van der Waals surface area contributed by atoms with E-state index in [9.17, 15) is 0 Å². The van der Waals surface area contributed by atoms with E-state index in [0.29, 0.717) is 11.5 Å². The molecule has 1 aromatic heterocycles. The zero-order valence-corrected chi connectivity index (χ0v) is 10.4. The second-order valence-electron chi connectivity index (χ2n) is 3.78. The van der Waals surface area contributed by atoms with Crippen LogP contribution in [0.5, 0.6) is 5.75 Å². The van der Waals surface area contributed by atoms with Gasteiger partial charge in [0, 0.05) is 25.0 Å². The largest absolute Gasteiger partial charge is 0.495 e. The second kappa shape index (κ2) is 5.46. The lowest BCUT2D eigenvalue weighted by Crippen LogP contribution is -2.14. The Labute approximate surface area is 106 Å². The van der Waals surface area contributed by atoms with E-state index in [1.54, 1.807) is 19.5 Å². The van der Waals surface area contributed by atoms with Gasteiger partial charge in [-0.15, -0.1) is 0 Å². The van der Waals surface area contributed by atoms with Gasteiger partial charge in [-0.25, -0.2) is 9.97 Å². The maximum Gasteiger partial charge on any atom is 0.229 e. The van der Waals surface area contributed by atoms with Crippen LogP contribution in [0.25, 0.3) is 0 Å². The fourth-order valence-electron chi connectivity index (χ4n) is 1.62. The summed E-state index contributed by atoms with van der Waals surface area (Å²) in [5.41, 5.74) is 1.57. The van der Waals surface area contributed by atoms with E-state index in [4.69, 9.17) is 9.84 Å². The van der Waals surface area contributed by atoms with Crippen LogP contribution in [-0.2, 0) is 6.61 Å². The van der Waals surface area contributed by atoms with Gasteiger partial charge in [0.25, 0.3) is 0 Å². The Balaban J connectivity index is 2.31. The van der Waals surface area contributed by atoms with E-state index < -0.39 is 0 Å². The number of nitrogens with zero attached hydrogens (tertiary/aromatic N) is 3. The van der Waals surface area contributed by atoms with Crippen LogP contribution in [0, 0.1) is 0 Å². The molecule has 0 aliphatic heterocycles. The molecule has 0 aliphatic rings. The molecule has 0 aliphatic carbocycles. The highest BCUT2D eigenvalue weighted by Crippen LogP contribution is 2.29. The van der Waals surface area contributed by atoms with Gasteiger partial charge in [0.2, 0.25) is 5.95 Å². The summed E-state index contributed by atoms with van der Waals surface area (Å²) in [4.78, 5) is 10.2. The maximum absolute atomic E-state index is 8.95. The van der Waals surface area contributed by atoms with Crippen molar-refractivity contribution in [1.82, 2.24) is 9.97 Å². The van der Waals surface area contributed by atoms with Crippen molar-refractivity contribution in [2.45, 2.75) is 6.61 Å². The van der Waals surface area contributed by atoms with Crippen LogP contribution in [0.3, 0.4) is 0 Å². The van der Waals surface area contributed by atoms with Crippen molar-refractivity contribution in [3.05, 3.63) is 42.2 Å². The molecule has 1 heterocycles. The van der Waals surface area contributed by atoms with Crippen molar-refractivity contribution in [3.63, 3.8) is 0 Å². The first kappa shape index (κ1) is 12.3. The number of para-hydroxylation sites is 2. The van der Waals surface area contributed by atoms with E-state index in [1.807, 2.05) is 36.2 Å². The molecule has 0 saturated carbocycles. The molecule has 1 N–H and O–H groups in total. The van der Waals surface area contributed by atoms with E-state index in [0.717, 1.165) is 11.4 Å². The van der Waals surface area contributed by atoms with Gasteiger partial charge in [-0.2, -0.15) is 0 Å². The van der Waals surface area contributed by atoms with Gasteiger partial charge in [-0.05, 0) is 12.1 Å². The fourth-order valence-corrected chi connectivity index (χ4v) is 1.62. The molecule has 0 fully saturated rings. The molecule has 1 aromatic carbocycles. The molecule has 18 heavy (non-hydrogen) atoms. The Morgan fingerprint density at radius 2 is 1.89 bits per heavy atom. The van der Waals surface area contributed by atoms with Crippen molar-refractivity contribution in [1.29, 1.82) is 0 Å². The summed E-state index contributed by atoms with van der Waals surface area (Å²) in [6.45, 7) is -0.0569. The van der Waals surface area contributed by atoms with Crippen molar-refractivity contribution < 1.29 is 9.84 Å². The zero-order chi connectivity index (χ0) is 13.0. The smallest absolute Gasteiger partial charge is 0.229 e. The minimum absolute atomic E-state index is 0.0569. The number of aromatic nitrogens is 2. The third-order valence-electron chi connectivity index (χ3n) is 2.62. The number of aliphatic hydroxyl groups is 1. The minimum Gasteiger partial charge on any atom is -0.495 e. The first-order valence-electron chi connectivity index (χ1n) is 5.54. The summed E-state index contributed by atoms with van der Waals surface area (Å²) in [5, 5.41) is 8.95. The molecular formula is C13H15N3O2. The molecule has 5 heteroatoms. The Morgan fingerprint density at radius 1 is 1.22 bits per heavy atom. The fraction of sp³-hybridized carbons (Fsp3) is 0.231. The molecule has 0 spiro atoms. The Kier molecular flexibility index (Phi) is 3.74. The van der Waals surface area contributed by atoms with Gasteiger partial charge in [0.15, 0.2) is 0 Å². The van der Waals surface area contributed by atoms with Gasteiger partial charge in [0.05, 0.1) is 19.4 Å². The standard InChI is InChI=1S/C13H15N3O2/c1-16(11-5-3-4-6-12(11)18-2)13-14-7-10(9-17)8-15-13/h3-8,17H,9H2,1-2H3. The highest BCUT2D eigenvalue weighted by Gasteiger charge is 2.11. The lowest BCUT2D eigenvalue weighted by molar-refractivity contribution is 0.281. The lowest BCUT2D eigenvalue weighted by Gasteiger charge is -2.19.